The van der Waals surface area contributed by atoms with Crippen LogP contribution in [0.1, 0.15) is 24.7 Å². The van der Waals surface area contributed by atoms with E-state index in [9.17, 15) is 0 Å². The van der Waals surface area contributed by atoms with Gasteiger partial charge in [-0.05, 0) is 19.4 Å². The highest BCUT2D eigenvalue weighted by Gasteiger charge is 2.08. The summed E-state index contributed by atoms with van der Waals surface area (Å²) in [5.41, 5.74) is 6.80. The summed E-state index contributed by atoms with van der Waals surface area (Å²) in [6.45, 7) is 2.82. The van der Waals surface area contributed by atoms with E-state index in [1.165, 1.54) is 11.5 Å². The van der Waals surface area contributed by atoms with Crippen molar-refractivity contribution in [3.05, 3.63) is 35.7 Å². The van der Waals surface area contributed by atoms with Crippen LogP contribution in [0.15, 0.2) is 24.3 Å². The third-order valence-corrected chi connectivity index (χ3v) is 3.60. The molecule has 0 spiro atoms. The second-order valence-corrected chi connectivity index (χ2v) is 5.45. The summed E-state index contributed by atoms with van der Waals surface area (Å²) in [6, 6.07) is 8.12. The van der Waals surface area contributed by atoms with E-state index in [2.05, 4.69) is 14.7 Å². The van der Waals surface area contributed by atoms with Crippen molar-refractivity contribution < 1.29 is 4.74 Å². The number of anilines is 1. The Morgan fingerprint density at radius 2 is 2.20 bits per heavy atom. The van der Waals surface area contributed by atoms with Gasteiger partial charge >= 0.3 is 0 Å². The molecule has 0 saturated carbocycles. The van der Waals surface area contributed by atoms with Gasteiger partial charge in [0.1, 0.15) is 11.6 Å². The summed E-state index contributed by atoms with van der Waals surface area (Å²) in [5.74, 6) is 1.68. The molecule has 1 aromatic carbocycles. The summed E-state index contributed by atoms with van der Waals surface area (Å²) in [4.78, 5) is 4.48. The molecule has 6 heteroatoms. The first-order valence-electron chi connectivity index (χ1n) is 6.63. The average Bonchev–Trinajstić information content (AvgIpc) is 2.86. The highest BCUT2D eigenvalue weighted by atomic mass is 32.1. The normalized spacial score (nSPS) is 12.2. The Bertz CT molecular complexity index is 541. The van der Waals surface area contributed by atoms with Gasteiger partial charge in [0.2, 0.25) is 5.13 Å². The predicted octanol–water partition coefficient (Wildman–Crippen LogP) is 2.29. The molecule has 0 amide bonds. The SMILES string of the molecule is COc1ccccc1Cc1nsc(NCCC(C)N)n1. The molecule has 1 heterocycles. The fourth-order valence-electron chi connectivity index (χ4n) is 1.82. The predicted molar refractivity (Wildman–Crippen MR) is 82.5 cm³/mol. The molecule has 2 rings (SSSR count). The van der Waals surface area contributed by atoms with Crippen molar-refractivity contribution in [2.24, 2.45) is 5.73 Å². The summed E-state index contributed by atoms with van der Waals surface area (Å²) >= 11 is 1.38. The number of nitrogens with two attached hydrogens (primary N) is 1. The van der Waals surface area contributed by atoms with Crippen LogP contribution in [0, 0.1) is 0 Å². The Kier molecular flexibility index (Phi) is 5.31. The molecular formula is C14H20N4OS. The van der Waals surface area contributed by atoms with Crippen LogP contribution in [0.4, 0.5) is 5.13 Å². The van der Waals surface area contributed by atoms with Gasteiger partial charge in [0.05, 0.1) is 7.11 Å². The lowest BCUT2D eigenvalue weighted by molar-refractivity contribution is 0.410. The lowest BCUT2D eigenvalue weighted by Crippen LogP contribution is -2.19. The largest absolute Gasteiger partial charge is 0.496 e. The van der Waals surface area contributed by atoms with Crippen LogP contribution >= 0.6 is 11.5 Å². The Labute approximate surface area is 123 Å². The number of hydrogen-bond donors (Lipinski definition) is 2. The molecule has 0 fully saturated rings. The van der Waals surface area contributed by atoms with Crippen LogP contribution in [0.5, 0.6) is 5.75 Å². The molecule has 1 atom stereocenters. The minimum Gasteiger partial charge on any atom is -0.496 e. The van der Waals surface area contributed by atoms with Crippen molar-refractivity contribution in [3.8, 4) is 5.75 Å². The van der Waals surface area contributed by atoms with E-state index < -0.39 is 0 Å². The van der Waals surface area contributed by atoms with Gasteiger partial charge < -0.3 is 15.8 Å². The second kappa shape index (κ2) is 7.21. The second-order valence-electron chi connectivity index (χ2n) is 4.70. The van der Waals surface area contributed by atoms with Gasteiger partial charge in [0.15, 0.2) is 0 Å². The van der Waals surface area contributed by atoms with Crippen molar-refractivity contribution in [3.63, 3.8) is 0 Å². The van der Waals surface area contributed by atoms with Gasteiger partial charge in [-0.25, -0.2) is 4.98 Å². The minimum atomic E-state index is 0.198. The zero-order valence-electron chi connectivity index (χ0n) is 11.8. The van der Waals surface area contributed by atoms with E-state index in [0.717, 1.165) is 35.2 Å². The monoisotopic (exact) mass is 292 g/mol. The number of hydrogen-bond acceptors (Lipinski definition) is 6. The van der Waals surface area contributed by atoms with E-state index in [1.54, 1.807) is 7.11 Å². The minimum absolute atomic E-state index is 0.198. The van der Waals surface area contributed by atoms with Gasteiger partial charge in [0.25, 0.3) is 0 Å². The van der Waals surface area contributed by atoms with Gasteiger partial charge in [-0.2, -0.15) is 4.37 Å². The number of aromatic nitrogens is 2. The molecule has 20 heavy (non-hydrogen) atoms. The molecule has 0 bridgehead atoms. The van der Waals surface area contributed by atoms with E-state index in [1.807, 2.05) is 31.2 Å². The summed E-state index contributed by atoms with van der Waals surface area (Å²) in [5, 5.41) is 4.09. The standard InChI is InChI=1S/C14H20N4OS/c1-10(15)7-8-16-14-17-13(18-20-14)9-11-5-3-4-6-12(11)19-2/h3-6,10H,7-9,15H2,1-2H3,(H,16,17,18). The van der Waals surface area contributed by atoms with Crippen LogP contribution in [0.2, 0.25) is 0 Å². The molecule has 1 unspecified atom stereocenters. The van der Waals surface area contributed by atoms with Crippen molar-refractivity contribution in [1.82, 2.24) is 9.36 Å². The Balaban J connectivity index is 1.95. The number of nitrogens with zero attached hydrogens (tertiary/aromatic N) is 2. The average molecular weight is 292 g/mol. The van der Waals surface area contributed by atoms with E-state index in [0.29, 0.717) is 6.42 Å². The number of nitrogens with one attached hydrogen (secondary N) is 1. The molecule has 5 nitrogen and oxygen atoms in total. The summed E-state index contributed by atoms with van der Waals surface area (Å²) < 4.78 is 9.70. The van der Waals surface area contributed by atoms with Crippen LogP contribution in [0.3, 0.4) is 0 Å². The van der Waals surface area contributed by atoms with Gasteiger partial charge in [-0.15, -0.1) is 0 Å². The maximum Gasteiger partial charge on any atom is 0.202 e. The van der Waals surface area contributed by atoms with E-state index >= 15 is 0 Å². The zero-order chi connectivity index (χ0) is 14.4. The molecule has 0 saturated heterocycles. The van der Waals surface area contributed by atoms with Crippen LogP contribution < -0.4 is 15.8 Å². The quantitative estimate of drug-likeness (QED) is 0.819. The first-order valence-corrected chi connectivity index (χ1v) is 7.40. The Morgan fingerprint density at radius 1 is 1.40 bits per heavy atom. The first kappa shape index (κ1) is 14.7. The fourth-order valence-corrected chi connectivity index (χ4v) is 2.43. The van der Waals surface area contributed by atoms with Gasteiger partial charge in [-0.3, -0.25) is 0 Å². The van der Waals surface area contributed by atoms with E-state index in [-0.39, 0.29) is 6.04 Å². The molecule has 0 aliphatic carbocycles. The first-order chi connectivity index (χ1) is 9.69. The molecule has 3 N–H and O–H groups in total. The number of benzene rings is 1. The van der Waals surface area contributed by atoms with E-state index in [4.69, 9.17) is 10.5 Å². The number of ether oxygens (including phenoxy) is 1. The van der Waals surface area contributed by atoms with Gasteiger partial charge in [0, 0.05) is 36.1 Å². The smallest absolute Gasteiger partial charge is 0.202 e. The summed E-state index contributed by atoms with van der Waals surface area (Å²) in [6.07, 6.45) is 1.59. The molecule has 2 aromatic rings. The molecule has 0 aliphatic rings. The molecule has 108 valence electrons. The van der Waals surface area contributed by atoms with Crippen LogP contribution in [-0.4, -0.2) is 29.1 Å². The molecule has 0 aliphatic heterocycles. The van der Waals surface area contributed by atoms with Crippen molar-refractivity contribution in [2.75, 3.05) is 19.0 Å². The lowest BCUT2D eigenvalue weighted by Gasteiger charge is -2.06. The third-order valence-electron chi connectivity index (χ3n) is 2.89. The van der Waals surface area contributed by atoms with Crippen LogP contribution in [0.25, 0.3) is 0 Å². The Hall–Kier alpha value is -1.66. The van der Waals surface area contributed by atoms with Gasteiger partial charge in [-0.1, -0.05) is 18.2 Å². The Morgan fingerprint density at radius 3 is 2.95 bits per heavy atom. The zero-order valence-corrected chi connectivity index (χ0v) is 12.6. The maximum atomic E-state index is 5.71. The van der Waals surface area contributed by atoms with Crippen LogP contribution in [-0.2, 0) is 6.42 Å². The topological polar surface area (TPSA) is 73.1 Å². The molecular weight excluding hydrogens is 272 g/mol. The third kappa shape index (κ3) is 4.18. The summed E-state index contributed by atoms with van der Waals surface area (Å²) in [7, 11) is 1.67. The van der Waals surface area contributed by atoms with Crippen molar-refractivity contribution in [1.29, 1.82) is 0 Å². The fraction of sp³-hybridized carbons (Fsp3) is 0.429. The number of methoxy groups -OCH3 is 1. The number of para-hydroxylation sites is 1. The molecule has 0 radical (unpaired) electrons. The lowest BCUT2D eigenvalue weighted by atomic mass is 10.1. The maximum absolute atomic E-state index is 5.71. The van der Waals surface area contributed by atoms with Crippen molar-refractivity contribution >= 4 is 16.7 Å². The number of rotatable bonds is 7. The molecule has 1 aromatic heterocycles. The highest BCUT2D eigenvalue weighted by Crippen LogP contribution is 2.21. The van der Waals surface area contributed by atoms with Crippen molar-refractivity contribution in [2.45, 2.75) is 25.8 Å². The highest BCUT2D eigenvalue weighted by molar-refractivity contribution is 7.09.